The molecule has 4 heterocycles. The number of carbonyl (C=O) groups is 1. The van der Waals surface area contributed by atoms with Crippen LogP contribution in [0, 0.1) is 6.92 Å². The van der Waals surface area contributed by atoms with Crippen LogP contribution < -0.4 is 10.9 Å². The van der Waals surface area contributed by atoms with E-state index in [1.165, 1.54) is 21.7 Å². The lowest BCUT2D eigenvalue weighted by atomic mass is 10.1. The Bertz CT molecular complexity index is 1360. The Morgan fingerprint density at radius 1 is 1.23 bits per heavy atom. The molecule has 0 unspecified atom stereocenters. The number of nitrogens with zero attached hydrogens (tertiary/aromatic N) is 3. The Morgan fingerprint density at radius 3 is 2.83 bits per heavy atom. The zero-order valence-corrected chi connectivity index (χ0v) is 21.0. The van der Waals surface area contributed by atoms with Gasteiger partial charge in [0.25, 0.3) is 11.5 Å². The van der Waals surface area contributed by atoms with Crippen molar-refractivity contribution in [2.45, 2.75) is 32.3 Å². The number of aromatic nitrogens is 2. The van der Waals surface area contributed by atoms with Crippen molar-refractivity contribution in [3.05, 3.63) is 80.6 Å². The number of aryl methyl sites for hydroxylation is 1. The zero-order valence-electron chi connectivity index (χ0n) is 19.4. The van der Waals surface area contributed by atoms with E-state index in [4.69, 9.17) is 21.9 Å². The lowest BCUT2D eigenvalue weighted by Crippen LogP contribution is -2.35. The quantitative estimate of drug-likeness (QED) is 0.383. The lowest BCUT2D eigenvalue weighted by Gasteiger charge is -2.18. The highest BCUT2D eigenvalue weighted by atomic mass is 32.2. The molecule has 0 radical (unpaired) electrons. The summed E-state index contributed by atoms with van der Waals surface area (Å²) in [5.41, 5.74) is 2.79. The van der Waals surface area contributed by atoms with E-state index in [9.17, 15) is 9.59 Å². The summed E-state index contributed by atoms with van der Waals surface area (Å²) >= 11 is 6.70. The maximum absolute atomic E-state index is 13.5. The van der Waals surface area contributed by atoms with E-state index in [0.29, 0.717) is 46.0 Å². The van der Waals surface area contributed by atoms with Crippen LogP contribution in [-0.2, 0) is 16.0 Å². The van der Waals surface area contributed by atoms with Gasteiger partial charge in [-0.2, -0.15) is 0 Å². The number of thiocarbonyl (C=S) groups is 1. The summed E-state index contributed by atoms with van der Waals surface area (Å²) in [6.07, 6.45) is 6.08. The van der Waals surface area contributed by atoms with Gasteiger partial charge >= 0.3 is 0 Å². The summed E-state index contributed by atoms with van der Waals surface area (Å²) in [6, 6.07) is 13.9. The number of thioether (sulfide) groups is 1. The largest absolute Gasteiger partial charge is 0.376 e. The van der Waals surface area contributed by atoms with E-state index in [2.05, 4.69) is 17.4 Å². The van der Waals surface area contributed by atoms with Crippen LogP contribution in [0.5, 0.6) is 0 Å². The third-order valence-electron chi connectivity index (χ3n) is 6.11. The van der Waals surface area contributed by atoms with Gasteiger partial charge in [0.2, 0.25) is 0 Å². The highest BCUT2D eigenvalue weighted by molar-refractivity contribution is 8.26. The number of carbonyl (C=O) groups excluding carboxylic acids is 1. The minimum Gasteiger partial charge on any atom is -0.376 e. The first-order chi connectivity index (χ1) is 17.0. The second-order valence-electron chi connectivity index (χ2n) is 8.70. The first-order valence-electron chi connectivity index (χ1n) is 11.7. The van der Waals surface area contributed by atoms with Crippen LogP contribution in [0.4, 0.5) is 5.82 Å². The molecular weight excluding hydrogens is 480 g/mol. The monoisotopic (exact) mass is 506 g/mol. The summed E-state index contributed by atoms with van der Waals surface area (Å²) < 4.78 is 7.70. The van der Waals surface area contributed by atoms with Crippen LogP contribution in [0.15, 0.2) is 58.4 Å². The van der Waals surface area contributed by atoms with Gasteiger partial charge in [0.1, 0.15) is 15.8 Å². The van der Waals surface area contributed by atoms with Crippen LogP contribution >= 0.6 is 24.0 Å². The molecule has 5 rings (SSSR count). The fourth-order valence-electron chi connectivity index (χ4n) is 4.27. The number of pyridine rings is 1. The fraction of sp³-hybridized carbons (Fsp3) is 0.308. The predicted octanol–water partition coefficient (Wildman–Crippen LogP) is 4.04. The van der Waals surface area contributed by atoms with Crippen LogP contribution in [0.3, 0.4) is 0 Å². The summed E-state index contributed by atoms with van der Waals surface area (Å²) in [5.74, 6) is 0.263. The van der Waals surface area contributed by atoms with E-state index in [1.807, 2.05) is 37.3 Å². The van der Waals surface area contributed by atoms with Crippen LogP contribution in [0.1, 0.15) is 29.5 Å². The first-order valence-corrected chi connectivity index (χ1v) is 12.9. The average Bonchev–Trinajstić information content (AvgIpc) is 3.46. The smallest absolute Gasteiger partial charge is 0.267 e. The molecule has 2 aromatic heterocycles. The van der Waals surface area contributed by atoms with Crippen molar-refractivity contribution in [1.29, 1.82) is 0 Å². The van der Waals surface area contributed by atoms with Gasteiger partial charge in [-0.25, -0.2) is 4.98 Å². The van der Waals surface area contributed by atoms with Crippen molar-refractivity contribution >= 4 is 51.7 Å². The van der Waals surface area contributed by atoms with Gasteiger partial charge in [-0.05, 0) is 49.5 Å². The minimum absolute atomic E-state index is 0.00278. The highest BCUT2D eigenvalue weighted by Crippen LogP contribution is 2.34. The molecular formula is C26H26N4O3S2. The minimum atomic E-state index is -0.231. The number of fused-ring (bicyclic) bond motifs is 1. The SMILES string of the molecule is Cc1ccc2nc(NCCc3ccccc3)c(/C=C3\SC(=S)N(C[C@H]4CCCO4)C3=O)c(=O)n2c1. The van der Waals surface area contributed by atoms with Gasteiger partial charge in [0, 0.05) is 19.3 Å². The molecule has 0 saturated carbocycles. The molecule has 180 valence electrons. The van der Waals surface area contributed by atoms with Gasteiger partial charge < -0.3 is 10.1 Å². The number of ether oxygens (including phenoxy) is 1. The van der Waals surface area contributed by atoms with E-state index < -0.39 is 0 Å². The third kappa shape index (κ3) is 5.17. The van der Waals surface area contributed by atoms with Gasteiger partial charge in [0.15, 0.2) is 0 Å². The number of hydrogen-bond donors (Lipinski definition) is 1. The Labute approximate surface area is 213 Å². The van der Waals surface area contributed by atoms with Crippen LogP contribution in [-0.4, -0.2) is 50.3 Å². The predicted molar refractivity (Wildman–Crippen MR) is 144 cm³/mol. The lowest BCUT2D eigenvalue weighted by molar-refractivity contribution is -0.123. The number of nitrogens with one attached hydrogen (secondary N) is 1. The zero-order chi connectivity index (χ0) is 24.4. The van der Waals surface area contributed by atoms with Gasteiger partial charge in [-0.1, -0.05) is 60.4 Å². The van der Waals surface area contributed by atoms with Crippen molar-refractivity contribution in [3.63, 3.8) is 0 Å². The first kappa shape index (κ1) is 23.7. The van der Waals surface area contributed by atoms with E-state index in [0.717, 1.165) is 24.8 Å². The molecule has 2 aliphatic rings. The van der Waals surface area contributed by atoms with Crippen molar-refractivity contribution in [3.8, 4) is 0 Å². The van der Waals surface area contributed by atoms with E-state index >= 15 is 0 Å². The molecule has 1 atom stereocenters. The summed E-state index contributed by atoms with van der Waals surface area (Å²) in [7, 11) is 0. The molecule has 1 N–H and O–H groups in total. The molecule has 0 spiro atoms. The topological polar surface area (TPSA) is 75.9 Å². The fourth-order valence-corrected chi connectivity index (χ4v) is 5.53. The maximum atomic E-state index is 13.5. The number of anilines is 1. The molecule has 2 fully saturated rings. The van der Waals surface area contributed by atoms with Crippen molar-refractivity contribution in [2.75, 3.05) is 25.0 Å². The average molecular weight is 507 g/mol. The van der Waals surface area contributed by atoms with Crippen LogP contribution in [0.2, 0.25) is 0 Å². The number of hydrogen-bond acceptors (Lipinski definition) is 7. The molecule has 35 heavy (non-hydrogen) atoms. The second-order valence-corrected chi connectivity index (χ2v) is 10.4. The Kier molecular flexibility index (Phi) is 6.99. The number of rotatable bonds is 7. The van der Waals surface area contributed by atoms with Crippen molar-refractivity contribution in [2.24, 2.45) is 0 Å². The van der Waals surface area contributed by atoms with E-state index in [-0.39, 0.29) is 17.6 Å². The Balaban J connectivity index is 1.47. The van der Waals surface area contributed by atoms with Gasteiger partial charge in [0.05, 0.1) is 23.1 Å². The molecule has 0 aliphatic carbocycles. The summed E-state index contributed by atoms with van der Waals surface area (Å²) in [5, 5.41) is 3.32. The van der Waals surface area contributed by atoms with Crippen LogP contribution in [0.25, 0.3) is 11.7 Å². The molecule has 1 amide bonds. The molecule has 0 bridgehead atoms. The molecule has 1 aromatic carbocycles. The molecule has 2 aliphatic heterocycles. The summed E-state index contributed by atoms with van der Waals surface area (Å²) in [4.78, 5) is 33.4. The van der Waals surface area contributed by atoms with Gasteiger partial charge in [-0.3, -0.25) is 18.9 Å². The highest BCUT2D eigenvalue weighted by Gasteiger charge is 2.35. The number of benzene rings is 1. The Morgan fingerprint density at radius 2 is 2.06 bits per heavy atom. The van der Waals surface area contributed by atoms with E-state index in [1.54, 1.807) is 17.2 Å². The number of amides is 1. The molecule has 9 heteroatoms. The molecule has 2 saturated heterocycles. The summed E-state index contributed by atoms with van der Waals surface area (Å²) in [6.45, 7) is 3.68. The maximum Gasteiger partial charge on any atom is 0.267 e. The van der Waals surface area contributed by atoms with Crippen molar-refractivity contribution < 1.29 is 9.53 Å². The Hall–Kier alpha value is -3.01. The standard InChI is InChI=1S/C26H26N4O3S2/c1-17-9-10-22-28-23(27-12-11-18-6-3-2-4-7-18)20(24(31)29(22)15-17)14-21-25(32)30(26(34)35-21)16-19-8-5-13-33-19/h2-4,6-7,9-10,14-15,19,27H,5,8,11-13,16H2,1H3/b21-14-/t19-/m1/s1. The van der Waals surface area contributed by atoms with Crippen molar-refractivity contribution in [1.82, 2.24) is 14.3 Å². The second kappa shape index (κ2) is 10.3. The molecule has 7 nitrogen and oxygen atoms in total. The normalized spacial score (nSPS) is 19.3. The van der Waals surface area contributed by atoms with Gasteiger partial charge in [-0.15, -0.1) is 0 Å². The molecule has 3 aromatic rings. The third-order valence-corrected chi connectivity index (χ3v) is 7.49.